The third kappa shape index (κ3) is 1.42. The summed E-state index contributed by atoms with van der Waals surface area (Å²) in [6, 6.07) is 5.98. The van der Waals surface area contributed by atoms with E-state index in [2.05, 4.69) is 20.9 Å². The first-order chi connectivity index (χ1) is 5.27. The van der Waals surface area contributed by atoms with Crippen LogP contribution in [0.4, 0.5) is 5.69 Å². The zero-order valence-corrected chi connectivity index (χ0v) is 8.58. The molecule has 12 heavy (non-hydrogen) atoms. The van der Waals surface area contributed by atoms with Crippen LogP contribution in [0.1, 0.15) is 0 Å². The van der Waals surface area contributed by atoms with E-state index in [1.54, 1.807) is 6.20 Å². The maximum absolute atomic E-state index is 5.68. The quantitative estimate of drug-likeness (QED) is 0.738. The van der Waals surface area contributed by atoms with E-state index >= 15 is 0 Å². The Labute approximate surface area is 84.7 Å². The number of hydrogen-bond donors (Lipinski definition) is 2. The first-order valence-electron chi connectivity index (χ1n) is 3.29. The second-order valence-electron chi connectivity index (χ2n) is 2.43. The molecule has 0 radical (unpaired) electrons. The van der Waals surface area contributed by atoms with Gasteiger partial charge in [0.15, 0.2) is 0 Å². The molecule has 3 N–H and O–H groups in total. The van der Waals surface area contributed by atoms with Crippen LogP contribution in [0.5, 0.6) is 0 Å². The molecule has 2 nitrogen and oxygen atoms in total. The fraction of sp³-hybridized carbons (Fsp3) is 0. The summed E-state index contributed by atoms with van der Waals surface area (Å²) in [5.74, 6) is 0. The number of aromatic nitrogens is 1. The number of nitrogen functional groups attached to an aromatic ring is 1. The van der Waals surface area contributed by atoms with Gasteiger partial charge in [0.1, 0.15) is 0 Å². The van der Waals surface area contributed by atoms with Crippen LogP contribution in [0.3, 0.4) is 0 Å². The fourth-order valence-electron chi connectivity index (χ4n) is 1.12. The molecule has 0 unspecified atom stereocenters. The molecule has 0 aliphatic carbocycles. The van der Waals surface area contributed by atoms with Crippen LogP contribution < -0.4 is 5.73 Å². The number of benzene rings is 1. The van der Waals surface area contributed by atoms with Gasteiger partial charge in [-0.15, -0.1) is 12.4 Å². The average molecular weight is 248 g/mol. The molecule has 0 saturated carbocycles. The Hall–Kier alpha value is -0.670. The molecular weight excluding hydrogens is 239 g/mol. The summed E-state index contributed by atoms with van der Waals surface area (Å²) in [6.45, 7) is 0. The molecule has 0 fully saturated rings. The SMILES string of the molecule is Cl.Nc1c[nH]c2cc(Br)ccc12. The first-order valence-corrected chi connectivity index (χ1v) is 4.09. The van der Waals surface area contributed by atoms with Crippen LogP contribution in [0.15, 0.2) is 28.9 Å². The van der Waals surface area contributed by atoms with Crippen LogP contribution in [-0.4, -0.2) is 4.98 Å². The van der Waals surface area contributed by atoms with Crippen molar-refractivity contribution >= 4 is 44.9 Å². The van der Waals surface area contributed by atoms with Crippen molar-refractivity contribution < 1.29 is 0 Å². The van der Waals surface area contributed by atoms with Gasteiger partial charge >= 0.3 is 0 Å². The third-order valence-electron chi connectivity index (χ3n) is 1.68. The standard InChI is InChI=1S/C8H7BrN2.ClH/c9-5-1-2-6-7(10)4-11-8(6)3-5;/h1-4,11H,10H2;1H. The highest BCUT2D eigenvalue weighted by Gasteiger charge is 1.98. The summed E-state index contributed by atoms with van der Waals surface area (Å²) in [4.78, 5) is 3.07. The number of nitrogens with two attached hydrogens (primary N) is 1. The Bertz CT molecular complexity index is 397. The molecule has 0 atom stereocenters. The average Bonchev–Trinajstić information content (AvgIpc) is 2.32. The Balaban J connectivity index is 0.000000720. The summed E-state index contributed by atoms with van der Waals surface area (Å²) in [5.41, 5.74) is 7.54. The summed E-state index contributed by atoms with van der Waals surface area (Å²) in [5, 5.41) is 1.08. The van der Waals surface area contributed by atoms with Gasteiger partial charge in [-0.3, -0.25) is 0 Å². The van der Waals surface area contributed by atoms with Crippen molar-refractivity contribution in [3.63, 3.8) is 0 Å². The van der Waals surface area contributed by atoms with Gasteiger partial charge in [-0.2, -0.15) is 0 Å². The Morgan fingerprint density at radius 3 is 2.83 bits per heavy atom. The molecule has 1 aromatic carbocycles. The van der Waals surface area contributed by atoms with Gasteiger partial charge in [-0.1, -0.05) is 15.9 Å². The first kappa shape index (κ1) is 9.42. The Morgan fingerprint density at radius 2 is 2.08 bits per heavy atom. The summed E-state index contributed by atoms with van der Waals surface area (Å²) in [6.07, 6.45) is 1.80. The molecular formula is C8H8BrClN2. The minimum Gasteiger partial charge on any atom is -0.397 e. The molecule has 0 saturated heterocycles. The smallest absolute Gasteiger partial charge is 0.0571 e. The van der Waals surface area contributed by atoms with Gasteiger partial charge in [0.05, 0.1) is 5.69 Å². The third-order valence-corrected chi connectivity index (χ3v) is 2.17. The molecule has 0 aliphatic heterocycles. The van der Waals surface area contributed by atoms with Crippen molar-refractivity contribution in [1.29, 1.82) is 0 Å². The van der Waals surface area contributed by atoms with Crippen LogP contribution in [0.2, 0.25) is 0 Å². The lowest BCUT2D eigenvalue weighted by molar-refractivity contribution is 1.47. The van der Waals surface area contributed by atoms with E-state index in [4.69, 9.17) is 5.73 Å². The highest BCUT2D eigenvalue weighted by atomic mass is 79.9. The van der Waals surface area contributed by atoms with Gasteiger partial charge in [-0.05, 0) is 18.2 Å². The number of nitrogens with one attached hydrogen (secondary N) is 1. The van der Waals surface area contributed by atoms with Crippen molar-refractivity contribution in [1.82, 2.24) is 4.98 Å². The topological polar surface area (TPSA) is 41.8 Å². The predicted molar refractivity (Wildman–Crippen MR) is 57.7 cm³/mol. The molecule has 0 amide bonds. The maximum atomic E-state index is 5.68. The fourth-order valence-corrected chi connectivity index (χ4v) is 1.48. The van der Waals surface area contributed by atoms with E-state index in [9.17, 15) is 0 Å². The minimum atomic E-state index is 0. The van der Waals surface area contributed by atoms with Crippen LogP contribution >= 0.6 is 28.3 Å². The van der Waals surface area contributed by atoms with Crippen molar-refractivity contribution in [3.05, 3.63) is 28.9 Å². The molecule has 1 aromatic heterocycles. The lowest BCUT2D eigenvalue weighted by Crippen LogP contribution is -1.78. The number of rotatable bonds is 0. The summed E-state index contributed by atoms with van der Waals surface area (Å²) >= 11 is 3.38. The van der Waals surface area contributed by atoms with Gasteiger partial charge in [0, 0.05) is 21.6 Å². The van der Waals surface area contributed by atoms with E-state index < -0.39 is 0 Å². The van der Waals surface area contributed by atoms with Crippen LogP contribution in [-0.2, 0) is 0 Å². The lowest BCUT2D eigenvalue weighted by atomic mass is 10.2. The van der Waals surface area contributed by atoms with Gasteiger partial charge in [0.25, 0.3) is 0 Å². The molecule has 0 bridgehead atoms. The van der Waals surface area contributed by atoms with Gasteiger partial charge in [0.2, 0.25) is 0 Å². The number of hydrogen-bond acceptors (Lipinski definition) is 1. The van der Waals surface area contributed by atoms with E-state index in [1.165, 1.54) is 0 Å². The highest BCUT2D eigenvalue weighted by Crippen LogP contribution is 2.23. The van der Waals surface area contributed by atoms with E-state index in [0.717, 1.165) is 21.1 Å². The number of aromatic amines is 1. The molecule has 2 rings (SSSR count). The maximum Gasteiger partial charge on any atom is 0.0571 e. The van der Waals surface area contributed by atoms with Crippen molar-refractivity contribution in [2.24, 2.45) is 0 Å². The van der Waals surface area contributed by atoms with Gasteiger partial charge < -0.3 is 10.7 Å². The minimum absolute atomic E-state index is 0. The lowest BCUT2D eigenvalue weighted by Gasteiger charge is -1.91. The molecule has 0 aliphatic rings. The predicted octanol–water partition coefficient (Wildman–Crippen LogP) is 2.93. The Kier molecular flexibility index (Phi) is 2.65. The zero-order valence-electron chi connectivity index (χ0n) is 6.17. The van der Waals surface area contributed by atoms with Crippen molar-refractivity contribution in [3.8, 4) is 0 Å². The van der Waals surface area contributed by atoms with E-state index in [0.29, 0.717) is 0 Å². The van der Waals surface area contributed by atoms with Crippen molar-refractivity contribution in [2.45, 2.75) is 0 Å². The molecule has 64 valence electrons. The van der Waals surface area contributed by atoms with E-state index in [-0.39, 0.29) is 12.4 Å². The van der Waals surface area contributed by atoms with E-state index in [1.807, 2.05) is 18.2 Å². The van der Waals surface area contributed by atoms with Crippen molar-refractivity contribution in [2.75, 3.05) is 5.73 Å². The number of halogens is 2. The highest BCUT2D eigenvalue weighted by molar-refractivity contribution is 9.10. The van der Waals surface area contributed by atoms with Crippen LogP contribution in [0, 0.1) is 0 Å². The Morgan fingerprint density at radius 1 is 1.33 bits per heavy atom. The normalized spacial score (nSPS) is 9.75. The largest absolute Gasteiger partial charge is 0.397 e. The summed E-state index contributed by atoms with van der Waals surface area (Å²) in [7, 11) is 0. The van der Waals surface area contributed by atoms with Gasteiger partial charge in [-0.25, -0.2) is 0 Å². The summed E-state index contributed by atoms with van der Waals surface area (Å²) < 4.78 is 1.06. The number of fused-ring (bicyclic) bond motifs is 1. The monoisotopic (exact) mass is 246 g/mol. The molecule has 4 heteroatoms. The molecule has 2 aromatic rings. The zero-order chi connectivity index (χ0) is 7.84. The second-order valence-corrected chi connectivity index (χ2v) is 3.35. The van der Waals surface area contributed by atoms with Crippen LogP contribution in [0.25, 0.3) is 10.9 Å². The number of H-pyrrole nitrogens is 1. The number of anilines is 1. The molecule has 0 spiro atoms. The second kappa shape index (κ2) is 3.37. The molecule has 1 heterocycles.